The van der Waals surface area contributed by atoms with E-state index in [2.05, 4.69) is 19.2 Å². The highest BCUT2D eigenvalue weighted by Crippen LogP contribution is 2.13. The summed E-state index contributed by atoms with van der Waals surface area (Å²) in [5.74, 6) is 0. The molecule has 14 heavy (non-hydrogen) atoms. The van der Waals surface area contributed by atoms with Gasteiger partial charge in [-0.05, 0) is 18.8 Å². The summed E-state index contributed by atoms with van der Waals surface area (Å²) in [6.07, 6.45) is 0. The van der Waals surface area contributed by atoms with Crippen LogP contribution in [0, 0.1) is 0 Å². The maximum absolute atomic E-state index is 11.4. The van der Waals surface area contributed by atoms with Gasteiger partial charge >= 0.3 is 0 Å². The molecule has 0 spiro atoms. The van der Waals surface area contributed by atoms with E-state index in [0.717, 1.165) is 11.0 Å². The van der Waals surface area contributed by atoms with Crippen LogP contribution in [0.4, 0.5) is 0 Å². The molecule has 0 aliphatic rings. The van der Waals surface area contributed by atoms with Crippen molar-refractivity contribution in [2.75, 3.05) is 6.66 Å². The van der Waals surface area contributed by atoms with Crippen LogP contribution < -0.4 is 10.9 Å². The molecule has 0 N–H and O–H groups in total. The van der Waals surface area contributed by atoms with Gasteiger partial charge in [-0.1, -0.05) is 21.4 Å². The van der Waals surface area contributed by atoms with Gasteiger partial charge in [0.05, 0.1) is 16.5 Å². The zero-order valence-electron chi connectivity index (χ0n) is 7.69. The van der Waals surface area contributed by atoms with Gasteiger partial charge in [0.25, 0.3) is 0 Å². The van der Waals surface area contributed by atoms with Crippen LogP contribution in [0.1, 0.15) is 0 Å². The fourth-order valence-corrected chi connectivity index (χ4v) is 2.78. The smallest absolute Gasteiger partial charge is 0.123 e. The van der Waals surface area contributed by atoms with Crippen molar-refractivity contribution in [3.8, 4) is 0 Å². The summed E-state index contributed by atoms with van der Waals surface area (Å²) >= 11 is 0. The predicted octanol–water partition coefficient (Wildman–Crippen LogP) is 0.945. The Labute approximate surface area is 85.0 Å². The quantitative estimate of drug-likeness (QED) is 0.677. The lowest BCUT2D eigenvalue weighted by Crippen LogP contribution is -2.21. The zero-order chi connectivity index (χ0) is 10.1. The van der Waals surface area contributed by atoms with Crippen LogP contribution in [0.15, 0.2) is 24.3 Å². The number of rotatable bonds is 1. The van der Waals surface area contributed by atoms with E-state index in [1.165, 1.54) is 0 Å². The predicted molar refractivity (Wildman–Crippen MR) is 63.4 cm³/mol. The van der Waals surface area contributed by atoms with E-state index in [1.54, 1.807) is 6.66 Å². The van der Waals surface area contributed by atoms with E-state index >= 15 is 0 Å². The van der Waals surface area contributed by atoms with E-state index < -0.39 is 7.80 Å². The summed E-state index contributed by atoms with van der Waals surface area (Å²) in [5.41, 5.74) is 2.94. The van der Waals surface area contributed by atoms with Gasteiger partial charge in [0.2, 0.25) is 0 Å². The van der Waals surface area contributed by atoms with Crippen LogP contribution in [-0.2, 0) is 4.57 Å². The van der Waals surface area contributed by atoms with Crippen molar-refractivity contribution < 1.29 is 4.57 Å². The Morgan fingerprint density at radius 1 is 1.21 bits per heavy atom. The molecular formula is C9H10N2OP2. The van der Waals surface area contributed by atoms with Crippen molar-refractivity contribution in [2.45, 2.75) is 0 Å². The zero-order valence-corrected chi connectivity index (χ0v) is 9.84. The molecule has 0 aliphatic carbocycles. The van der Waals surface area contributed by atoms with Crippen molar-refractivity contribution in [2.24, 2.45) is 0 Å². The number of nitrogens with zero attached hydrogens (tertiary/aromatic N) is 2. The minimum atomic E-state index is -1.78. The van der Waals surface area contributed by atoms with Crippen LogP contribution in [-0.4, -0.2) is 16.6 Å². The molecule has 2 aromatic rings. The number of hydrogen-bond acceptors (Lipinski definition) is 3. The molecule has 0 saturated carbocycles. The number of fused-ring (bicyclic) bond motifs is 1. The Hall–Kier alpha value is -0.780. The number of para-hydroxylation sites is 2. The Morgan fingerprint density at radius 2 is 1.79 bits per heavy atom. The highest BCUT2D eigenvalue weighted by atomic mass is 31.1. The average Bonchev–Trinajstić information content (AvgIpc) is 2.16. The fourth-order valence-electron chi connectivity index (χ4n) is 1.27. The van der Waals surface area contributed by atoms with Crippen LogP contribution in [0.25, 0.3) is 11.0 Å². The first kappa shape index (κ1) is 9.76. The molecule has 1 aromatic heterocycles. The van der Waals surface area contributed by atoms with E-state index in [9.17, 15) is 4.57 Å². The molecule has 0 aliphatic heterocycles. The van der Waals surface area contributed by atoms with Crippen LogP contribution in [0.3, 0.4) is 0 Å². The van der Waals surface area contributed by atoms with Gasteiger partial charge in [-0.15, -0.1) is 0 Å². The molecule has 0 fully saturated rings. The van der Waals surface area contributed by atoms with E-state index in [1.807, 2.05) is 24.3 Å². The first-order chi connectivity index (χ1) is 6.68. The highest BCUT2D eigenvalue weighted by molar-refractivity contribution is 7.54. The van der Waals surface area contributed by atoms with Gasteiger partial charge in [0, 0.05) is 0 Å². The summed E-state index contributed by atoms with van der Waals surface area (Å²) in [6.45, 7) is 1.68. The molecular weight excluding hydrogens is 214 g/mol. The second kappa shape index (κ2) is 3.76. The van der Waals surface area contributed by atoms with Crippen molar-refractivity contribution in [1.82, 2.24) is 9.97 Å². The van der Waals surface area contributed by atoms with E-state index in [-0.39, 0.29) is 0 Å². The molecule has 1 aromatic carbocycles. The van der Waals surface area contributed by atoms with Gasteiger partial charge in [0.15, 0.2) is 0 Å². The third-order valence-corrected chi connectivity index (χ3v) is 3.66. The molecule has 0 saturated heterocycles. The third-order valence-electron chi connectivity index (χ3n) is 1.93. The lowest BCUT2D eigenvalue weighted by Gasteiger charge is -2.02. The summed E-state index contributed by atoms with van der Waals surface area (Å²) in [7, 11) is 0.703. The second-order valence-corrected chi connectivity index (χ2v) is 5.14. The lowest BCUT2D eigenvalue weighted by atomic mass is 10.3. The third kappa shape index (κ3) is 1.70. The minimum Gasteiger partial charge on any atom is -0.321 e. The Kier molecular flexibility index (Phi) is 2.62. The Bertz CT molecular complexity index is 513. The molecule has 0 radical (unpaired) electrons. The Morgan fingerprint density at radius 3 is 2.36 bits per heavy atom. The number of hydrogen-bond donors (Lipinski definition) is 0. The molecule has 2 unspecified atom stereocenters. The van der Waals surface area contributed by atoms with Gasteiger partial charge in [-0.25, -0.2) is 9.97 Å². The summed E-state index contributed by atoms with van der Waals surface area (Å²) in [5, 5.41) is 0. The first-order valence-electron chi connectivity index (χ1n) is 4.21. The molecule has 72 valence electrons. The summed E-state index contributed by atoms with van der Waals surface area (Å²) in [4.78, 5) is 8.65. The van der Waals surface area contributed by atoms with Crippen LogP contribution >= 0.6 is 17.0 Å². The second-order valence-electron chi connectivity index (χ2n) is 3.00. The molecule has 5 heteroatoms. The number of benzene rings is 1. The maximum atomic E-state index is 11.4. The summed E-state index contributed by atoms with van der Waals surface area (Å²) in [6, 6.07) is 7.58. The SMILES string of the molecule is C[PH](=O)c1nc2ccccc2nc1P. The molecule has 2 atom stereocenters. The van der Waals surface area contributed by atoms with Crippen molar-refractivity contribution in [3.63, 3.8) is 0 Å². The molecule has 3 nitrogen and oxygen atoms in total. The molecule has 0 bridgehead atoms. The average molecular weight is 224 g/mol. The lowest BCUT2D eigenvalue weighted by molar-refractivity contribution is 0.596. The molecule has 1 heterocycles. The Balaban J connectivity index is 2.77. The standard InChI is InChI=1S/C9H10N2OP2/c1-14(12)9-8(13)10-6-4-2-3-5-7(6)11-9/h2-5,14H,13H2,1H3. The maximum Gasteiger partial charge on any atom is 0.123 e. The van der Waals surface area contributed by atoms with Crippen molar-refractivity contribution >= 4 is 38.9 Å². The van der Waals surface area contributed by atoms with Gasteiger partial charge in [0.1, 0.15) is 13.2 Å². The van der Waals surface area contributed by atoms with Gasteiger partial charge < -0.3 is 4.57 Å². The number of aromatic nitrogens is 2. The van der Waals surface area contributed by atoms with Crippen LogP contribution in [0.5, 0.6) is 0 Å². The highest BCUT2D eigenvalue weighted by Gasteiger charge is 2.07. The van der Waals surface area contributed by atoms with E-state index in [4.69, 9.17) is 0 Å². The largest absolute Gasteiger partial charge is 0.321 e. The molecule has 0 amide bonds. The first-order valence-corrected chi connectivity index (χ1v) is 6.70. The van der Waals surface area contributed by atoms with Gasteiger partial charge in [-0.3, -0.25) is 0 Å². The van der Waals surface area contributed by atoms with Gasteiger partial charge in [-0.2, -0.15) is 0 Å². The normalized spacial score (nSPS) is 13.0. The molecule has 2 rings (SSSR count). The fraction of sp³-hybridized carbons (Fsp3) is 0.111. The topological polar surface area (TPSA) is 42.9 Å². The summed E-state index contributed by atoms with van der Waals surface area (Å²) < 4.78 is 11.4. The van der Waals surface area contributed by atoms with Crippen LogP contribution in [0.2, 0.25) is 0 Å². The monoisotopic (exact) mass is 224 g/mol. The van der Waals surface area contributed by atoms with Crippen molar-refractivity contribution in [3.05, 3.63) is 24.3 Å². The van der Waals surface area contributed by atoms with Crippen molar-refractivity contribution in [1.29, 1.82) is 0 Å². The van der Waals surface area contributed by atoms with E-state index in [0.29, 0.717) is 10.9 Å². The minimum absolute atomic E-state index is 0.610.